The third-order valence-corrected chi connectivity index (χ3v) is 10.9. The van der Waals surface area contributed by atoms with Crippen molar-refractivity contribution in [2.75, 3.05) is 49.5 Å². The van der Waals surface area contributed by atoms with Crippen LogP contribution >= 0.6 is 0 Å². The van der Waals surface area contributed by atoms with Crippen LogP contribution in [-0.2, 0) is 19.0 Å². The molecule has 0 saturated carbocycles. The Balaban J connectivity index is 0.994. The van der Waals surface area contributed by atoms with Crippen LogP contribution in [-0.4, -0.2) is 112 Å². The van der Waals surface area contributed by atoms with Gasteiger partial charge in [-0.2, -0.15) is 0 Å². The summed E-state index contributed by atoms with van der Waals surface area (Å²) < 4.78 is 20.5. The molecule has 3 aliphatic rings. The zero-order valence-corrected chi connectivity index (χ0v) is 33.9. The third kappa shape index (κ3) is 9.02. The number of carbonyl (C=O) groups excluding carboxylic acids is 3. The van der Waals surface area contributed by atoms with E-state index < -0.39 is 36.2 Å². The lowest BCUT2D eigenvalue weighted by atomic mass is 9.91. The van der Waals surface area contributed by atoms with E-state index in [1.54, 1.807) is 30.9 Å². The van der Waals surface area contributed by atoms with Gasteiger partial charge in [-0.3, -0.25) is 14.2 Å². The second kappa shape index (κ2) is 18.0. The van der Waals surface area contributed by atoms with Crippen LogP contribution < -0.4 is 31.5 Å². The summed E-state index contributed by atoms with van der Waals surface area (Å²) >= 11 is 0. The minimum atomic E-state index is -0.974. The molecule has 4 atom stereocenters. The van der Waals surface area contributed by atoms with Crippen molar-refractivity contribution in [3.8, 4) is 0 Å². The van der Waals surface area contributed by atoms with Gasteiger partial charge < -0.3 is 45.7 Å². The van der Waals surface area contributed by atoms with E-state index in [0.717, 1.165) is 42.9 Å². The standard InChI is InChI=1S/C43H51N11O6/c1-4-44-39(55)34-33-35(60-43(2,3)59-33)41(58-34)54-26-49-32-36(48-25-30(27-13-7-5-8-14-27)28-15-9-6-10-16-28)51-37(52-38(32)54)40(56)46-21-22-47-42(57)50-29-18-23-53(24-19-29)31-17-11-12-20-45-31/h5-17,20,26,29-30,33-35,41H,4,18-19,21-25H2,1-3H3,(H,44,55)(H,46,56)(H2,47,50,57)(H,48,51,52)/t33-,34+,35-,41-/m1/s1. The van der Waals surface area contributed by atoms with Gasteiger partial charge in [-0.25, -0.2) is 24.7 Å². The number of fused-ring (bicyclic) bond motifs is 2. The SMILES string of the molecule is CCNC(=O)[C@H]1O[C@@H](n2cnc3c(NCC(c4ccccc4)c4ccccc4)nc(C(=O)NCCNC(=O)NC4CCN(c5ccccn5)CC4)nc32)[C@@H]2OC(C)(C)O[C@@H]21. The number of anilines is 2. The van der Waals surface area contributed by atoms with Crippen LogP contribution in [0.25, 0.3) is 11.2 Å². The first-order chi connectivity index (χ1) is 29.2. The predicted octanol–water partition coefficient (Wildman–Crippen LogP) is 3.72. The molecule has 3 saturated heterocycles. The van der Waals surface area contributed by atoms with Crippen molar-refractivity contribution in [1.29, 1.82) is 0 Å². The Hall–Kier alpha value is -6.17. The summed E-state index contributed by atoms with van der Waals surface area (Å²) in [4.78, 5) is 60.5. The predicted molar refractivity (Wildman–Crippen MR) is 223 cm³/mol. The number of piperidine rings is 1. The molecule has 17 nitrogen and oxygen atoms in total. The fourth-order valence-corrected chi connectivity index (χ4v) is 8.07. The van der Waals surface area contributed by atoms with Crippen LogP contribution in [0.3, 0.4) is 0 Å². The summed E-state index contributed by atoms with van der Waals surface area (Å²) in [5.41, 5.74) is 2.89. The van der Waals surface area contributed by atoms with Crippen LogP contribution in [0.2, 0.25) is 0 Å². The van der Waals surface area contributed by atoms with Crippen molar-refractivity contribution in [2.45, 2.75) is 75.9 Å². The Morgan fingerprint density at radius 3 is 2.20 bits per heavy atom. The van der Waals surface area contributed by atoms with Crippen molar-refractivity contribution in [3.63, 3.8) is 0 Å². The van der Waals surface area contributed by atoms with Gasteiger partial charge in [-0.15, -0.1) is 0 Å². The largest absolute Gasteiger partial charge is 0.367 e. The molecule has 0 unspecified atom stereocenters. The van der Waals surface area contributed by atoms with Crippen molar-refractivity contribution >= 4 is 40.6 Å². The van der Waals surface area contributed by atoms with Crippen LogP contribution in [0, 0.1) is 0 Å². The lowest BCUT2D eigenvalue weighted by molar-refractivity contribution is -0.197. The Morgan fingerprint density at radius 1 is 0.833 bits per heavy atom. The number of aromatic nitrogens is 5. The molecular formula is C43H51N11O6. The molecular weight excluding hydrogens is 767 g/mol. The second-order valence-electron chi connectivity index (χ2n) is 15.5. The molecule has 5 N–H and O–H groups in total. The number of urea groups is 1. The number of imidazole rings is 1. The highest BCUT2D eigenvalue weighted by Crippen LogP contribution is 2.44. The van der Waals surface area contributed by atoms with Crippen molar-refractivity contribution in [2.24, 2.45) is 0 Å². The van der Waals surface area contributed by atoms with Gasteiger partial charge in [0.15, 0.2) is 35.1 Å². The first-order valence-electron chi connectivity index (χ1n) is 20.5. The van der Waals surface area contributed by atoms with Gasteiger partial charge in [0.1, 0.15) is 18.0 Å². The smallest absolute Gasteiger partial charge is 0.315 e. The second-order valence-corrected chi connectivity index (χ2v) is 15.5. The maximum Gasteiger partial charge on any atom is 0.315 e. The maximum atomic E-state index is 13.8. The molecule has 3 aromatic heterocycles. The molecule has 3 fully saturated rings. The molecule has 60 heavy (non-hydrogen) atoms. The summed E-state index contributed by atoms with van der Waals surface area (Å²) in [5, 5.41) is 15.0. The first kappa shape index (κ1) is 40.6. The van der Waals surface area contributed by atoms with Gasteiger partial charge in [0, 0.05) is 57.4 Å². The van der Waals surface area contributed by atoms with Gasteiger partial charge in [-0.05, 0) is 56.9 Å². The molecule has 2 aromatic carbocycles. The molecule has 3 aliphatic heterocycles. The van der Waals surface area contributed by atoms with E-state index in [4.69, 9.17) is 29.2 Å². The fourth-order valence-electron chi connectivity index (χ4n) is 8.07. The molecule has 4 amide bonds. The molecule has 0 bridgehead atoms. The molecule has 8 rings (SSSR count). The highest BCUT2D eigenvalue weighted by Gasteiger charge is 2.58. The number of likely N-dealkylation sites (N-methyl/N-ethyl adjacent to an activating group) is 1. The molecule has 0 aliphatic carbocycles. The summed E-state index contributed by atoms with van der Waals surface area (Å²) in [5.74, 6) is -0.757. The number of amides is 4. The average molecular weight is 818 g/mol. The quantitative estimate of drug-likeness (QED) is 0.102. The summed E-state index contributed by atoms with van der Waals surface area (Å²) in [6, 6.07) is 25.9. The first-order valence-corrected chi connectivity index (χ1v) is 20.5. The Bertz CT molecular complexity index is 2210. The van der Waals surface area contributed by atoms with Crippen molar-refractivity contribution in [1.82, 2.24) is 45.8 Å². The number of pyridine rings is 1. The van der Waals surface area contributed by atoms with Gasteiger partial charge in [-0.1, -0.05) is 66.7 Å². The average Bonchev–Trinajstić information content (AvgIpc) is 3.94. The number of ether oxygens (including phenoxy) is 3. The van der Waals surface area contributed by atoms with Crippen LogP contribution in [0.4, 0.5) is 16.4 Å². The van der Waals surface area contributed by atoms with E-state index >= 15 is 0 Å². The molecule has 17 heteroatoms. The van der Waals surface area contributed by atoms with E-state index in [0.29, 0.717) is 30.1 Å². The lowest BCUT2D eigenvalue weighted by Gasteiger charge is -2.33. The maximum absolute atomic E-state index is 13.8. The van der Waals surface area contributed by atoms with Gasteiger partial charge in [0.2, 0.25) is 5.82 Å². The molecule has 0 radical (unpaired) electrons. The molecule has 0 spiro atoms. The minimum absolute atomic E-state index is 0.0292. The highest BCUT2D eigenvalue weighted by molar-refractivity contribution is 5.94. The van der Waals surface area contributed by atoms with Gasteiger partial charge in [0.05, 0.1) is 6.33 Å². The van der Waals surface area contributed by atoms with Crippen LogP contribution in [0.5, 0.6) is 0 Å². The molecule has 314 valence electrons. The summed E-state index contributed by atoms with van der Waals surface area (Å²) in [6.45, 7) is 8.14. The number of carbonyl (C=O) groups is 3. The van der Waals surface area contributed by atoms with Gasteiger partial charge >= 0.3 is 6.03 Å². The normalized spacial score (nSPS) is 21.1. The van der Waals surface area contributed by atoms with E-state index in [-0.39, 0.29) is 42.8 Å². The zero-order chi connectivity index (χ0) is 41.6. The monoisotopic (exact) mass is 817 g/mol. The fraction of sp³-hybridized carbons (Fsp3) is 0.419. The molecule has 5 aromatic rings. The number of rotatable bonds is 14. The number of hydrogen-bond acceptors (Lipinski definition) is 12. The topological polar surface area (TPSA) is 199 Å². The number of hydrogen-bond donors (Lipinski definition) is 5. The Morgan fingerprint density at radius 2 is 1.52 bits per heavy atom. The molecule has 6 heterocycles. The van der Waals surface area contributed by atoms with E-state index in [1.807, 2.05) is 61.5 Å². The van der Waals surface area contributed by atoms with Gasteiger partial charge in [0.25, 0.3) is 11.8 Å². The minimum Gasteiger partial charge on any atom is -0.367 e. The summed E-state index contributed by atoms with van der Waals surface area (Å²) in [7, 11) is 0. The lowest BCUT2D eigenvalue weighted by Crippen LogP contribution is -2.49. The van der Waals surface area contributed by atoms with E-state index in [2.05, 4.69) is 60.7 Å². The number of nitrogens with zero attached hydrogens (tertiary/aromatic N) is 6. The van der Waals surface area contributed by atoms with Crippen LogP contribution in [0.1, 0.15) is 67.5 Å². The van der Waals surface area contributed by atoms with E-state index in [1.165, 1.54) is 0 Å². The zero-order valence-electron chi connectivity index (χ0n) is 33.9. The highest BCUT2D eigenvalue weighted by atomic mass is 16.8. The van der Waals surface area contributed by atoms with Crippen molar-refractivity contribution in [3.05, 3.63) is 108 Å². The Labute approximate surface area is 348 Å². The number of nitrogens with one attached hydrogen (secondary N) is 5. The van der Waals surface area contributed by atoms with Crippen molar-refractivity contribution < 1.29 is 28.6 Å². The Kier molecular flexibility index (Phi) is 12.2. The third-order valence-electron chi connectivity index (χ3n) is 10.9. The van der Waals surface area contributed by atoms with E-state index in [9.17, 15) is 14.4 Å². The van der Waals surface area contributed by atoms with Crippen LogP contribution in [0.15, 0.2) is 91.4 Å². The summed E-state index contributed by atoms with van der Waals surface area (Å²) in [6.07, 6.45) is 1.73. The number of benzene rings is 2.